The number of carbonyl (C=O) groups excluding carboxylic acids is 1. The lowest BCUT2D eigenvalue weighted by atomic mass is 9.98. The van der Waals surface area contributed by atoms with Gasteiger partial charge in [0.05, 0.1) is 5.54 Å². The third-order valence-corrected chi connectivity index (χ3v) is 2.16. The van der Waals surface area contributed by atoms with E-state index in [1.54, 1.807) is 6.92 Å². The van der Waals surface area contributed by atoms with Crippen LogP contribution in [0.15, 0.2) is 0 Å². The molecule has 92 valence electrons. The molecule has 4 N–H and O–H groups in total. The van der Waals surface area contributed by atoms with Crippen molar-refractivity contribution in [1.29, 1.82) is 0 Å². The van der Waals surface area contributed by atoms with Gasteiger partial charge >= 0.3 is 11.9 Å². The fourth-order valence-corrected chi connectivity index (χ4v) is 1.04. The van der Waals surface area contributed by atoms with Crippen LogP contribution in [0.25, 0.3) is 0 Å². The van der Waals surface area contributed by atoms with Crippen molar-refractivity contribution in [1.82, 2.24) is 4.90 Å². The number of hydrogen-bond acceptors (Lipinski definition) is 4. The number of carbonyl (C=O) groups is 3. The smallest absolute Gasteiger partial charge is 0.323 e. The van der Waals surface area contributed by atoms with E-state index in [2.05, 4.69) is 0 Å². The van der Waals surface area contributed by atoms with Gasteiger partial charge in [0.2, 0.25) is 5.91 Å². The number of nitrogens with zero attached hydrogens (tertiary/aromatic N) is 1. The van der Waals surface area contributed by atoms with Gasteiger partial charge in [-0.05, 0) is 13.3 Å². The number of rotatable bonds is 6. The molecule has 0 radical (unpaired) electrons. The molecule has 0 heterocycles. The number of carboxylic acids is 2. The molecular weight excluding hydrogens is 216 g/mol. The second kappa shape index (κ2) is 5.45. The number of nitrogens with two attached hydrogens (primary N) is 1. The number of carboxylic acid groups (broad SMARTS) is 2. The standard InChI is InChI=1S/C9H16N2O5/c1-3-9(2,10)8(16)11(4-6(12)13)5-7(14)15/h3-5,10H2,1-2H3,(H,12,13)(H,14,15). The van der Waals surface area contributed by atoms with E-state index in [1.807, 2.05) is 0 Å². The van der Waals surface area contributed by atoms with E-state index in [0.29, 0.717) is 11.3 Å². The molecule has 0 aromatic heterocycles. The lowest BCUT2D eigenvalue weighted by Crippen LogP contribution is -2.55. The normalized spacial score (nSPS) is 13.9. The predicted molar refractivity (Wildman–Crippen MR) is 54.7 cm³/mol. The van der Waals surface area contributed by atoms with Crippen molar-refractivity contribution in [3.63, 3.8) is 0 Å². The Morgan fingerprint density at radius 2 is 1.56 bits per heavy atom. The first-order chi connectivity index (χ1) is 7.20. The van der Waals surface area contributed by atoms with Crippen LogP contribution < -0.4 is 5.73 Å². The summed E-state index contributed by atoms with van der Waals surface area (Å²) in [6.07, 6.45) is 0.293. The predicted octanol–water partition coefficient (Wildman–Crippen LogP) is -0.888. The van der Waals surface area contributed by atoms with Gasteiger partial charge in [-0.3, -0.25) is 14.4 Å². The summed E-state index contributed by atoms with van der Waals surface area (Å²) in [4.78, 5) is 33.4. The van der Waals surface area contributed by atoms with Gasteiger partial charge in [0, 0.05) is 0 Å². The zero-order valence-electron chi connectivity index (χ0n) is 9.27. The molecule has 16 heavy (non-hydrogen) atoms. The molecule has 0 aliphatic rings. The molecule has 0 bridgehead atoms. The van der Waals surface area contributed by atoms with E-state index < -0.39 is 36.5 Å². The fraction of sp³-hybridized carbons (Fsp3) is 0.667. The molecule has 0 saturated heterocycles. The summed E-state index contributed by atoms with van der Waals surface area (Å²) in [7, 11) is 0. The molecule has 1 unspecified atom stereocenters. The van der Waals surface area contributed by atoms with Crippen LogP contribution in [0.1, 0.15) is 20.3 Å². The first-order valence-corrected chi connectivity index (χ1v) is 4.72. The molecule has 7 nitrogen and oxygen atoms in total. The summed E-state index contributed by atoms with van der Waals surface area (Å²) >= 11 is 0. The van der Waals surface area contributed by atoms with E-state index in [4.69, 9.17) is 15.9 Å². The van der Waals surface area contributed by atoms with Gasteiger partial charge in [-0.15, -0.1) is 0 Å². The molecular formula is C9H16N2O5. The van der Waals surface area contributed by atoms with E-state index >= 15 is 0 Å². The van der Waals surface area contributed by atoms with Gasteiger partial charge in [-0.2, -0.15) is 0 Å². The van der Waals surface area contributed by atoms with Crippen LogP contribution in [0.5, 0.6) is 0 Å². The average Bonchev–Trinajstić information content (AvgIpc) is 2.14. The second-order valence-electron chi connectivity index (χ2n) is 3.72. The summed E-state index contributed by atoms with van der Waals surface area (Å²) < 4.78 is 0. The fourth-order valence-electron chi connectivity index (χ4n) is 1.04. The van der Waals surface area contributed by atoms with E-state index in [9.17, 15) is 14.4 Å². The SMILES string of the molecule is CCC(C)(N)C(=O)N(CC(=O)O)CC(=O)O. The van der Waals surface area contributed by atoms with E-state index in [1.165, 1.54) is 6.92 Å². The quantitative estimate of drug-likeness (QED) is 0.546. The van der Waals surface area contributed by atoms with Gasteiger partial charge in [-0.25, -0.2) is 0 Å². The third-order valence-electron chi connectivity index (χ3n) is 2.16. The van der Waals surface area contributed by atoms with E-state index in [0.717, 1.165) is 0 Å². The molecule has 0 aliphatic heterocycles. The second-order valence-corrected chi connectivity index (χ2v) is 3.72. The van der Waals surface area contributed by atoms with Crippen LogP contribution in [0.3, 0.4) is 0 Å². The molecule has 0 aliphatic carbocycles. The van der Waals surface area contributed by atoms with E-state index in [-0.39, 0.29) is 0 Å². The Kier molecular flexibility index (Phi) is 4.90. The number of amides is 1. The molecule has 7 heteroatoms. The number of hydrogen-bond donors (Lipinski definition) is 3. The first-order valence-electron chi connectivity index (χ1n) is 4.72. The van der Waals surface area contributed by atoms with Gasteiger partial charge in [-0.1, -0.05) is 6.92 Å². The van der Waals surface area contributed by atoms with Crippen molar-refractivity contribution in [2.75, 3.05) is 13.1 Å². The highest BCUT2D eigenvalue weighted by Gasteiger charge is 2.32. The number of aliphatic carboxylic acids is 2. The topological polar surface area (TPSA) is 121 Å². The molecule has 1 amide bonds. The van der Waals surface area contributed by atoms with Crippen molar-refractivity contribution >= 4 is 17.8 Å². The molecule has 0 rings (SSSR count). The largest absolute Gasteiger partial charge is 0.480 e. The summed E-state index contributed by atoms with van der Waals surface area (Å²) in [5.41, 5.74) is 4.39. The van der Waals surface area contributed by atoms with Gasteiger partial charge < -0.3 is 20.8 Å². The molecule has 0 aromatic carbocycles. The first kappa shape index (κ1) is 14.4. The van der Waals surface area contributed by atoms with Crippen molar-refractivity contribution in [2.24, 2.45) is 5.73 Å². The van der Waals surface area contributed by atoms with Crippen molar-refractivity contribution in [3.05, 3.63) is 0 Å². The third kappa shape index (κ3) is 4.26. The Bertz CT molecular complexity index is 284. The maximum atomic E-state index is 11.7. The minimum atomic E-state index is -1.28. The highest BCUT2D eigenvalue weighted by atomic mass is 16.4. The van der Waals surface area contributed by atoms with Crippen LogP contribution in [0.2, 0.25) is 0 Å². The molecule has 0 spiro atoms. The lowest BCUT2D eigenvalue weighted by molar-refractivity contribution is -0.151. The maximum absolute atomic E-state index is 11.7. The lowest BCUT2D eigenvalue weighted by Gasteiger charge is -2.28. The Morgan fingerprint density at radius 1 is 1.19 bits per heavy atom. The van der Waals surface area contributed by atoms with Crippen molar-refractivity contribution in [2.45, 2.75) is 25.8 Å². The summed E-state index contributed by atoms with van der Waals surface area (Å²) in [6, 6.07) is 0. The van der Waals surface area contributed by atoms with Gasteiger partial charge in [0.15, 0.2) is 0 Å². The minimum absolute atomic E-state index is 0.293. The van der Waals surface area contributed by atoms with Crippen LogP contribution in [0, 0.1) is 0 Å². The summed E-state index contributed by atoms with van der Waals surface area (Å²) in [6.45, 7) is 1.76. The maximum Gasteiger partial charge on any atom is 0.323 e. The van der Waals surface area contributed by atoms with Gasteiger partial charge in [0.25, 0.3) is 0 Å². The summed E-state index contributed by atoms with van der Waals surface area (Å²) in [5, 5.41) is 17.1. The highest BCUT2D eigenvalue weighted by Crippen LogP contribution is 2.09. The van der Waals surface area contributed by atoms with Gasteiger partial charge in [0.1, 0.15) is 13.1 Å². The molecule has 1 atom stereocenters. The van der Waals surface area contributed by atoms with Crippen LogP contribution in [-0.2, 0) is 14.4 Å². The Hall–Kier alpha value is -1.63. The van der Waals surface area contributed by atoms with Crippen LogP contribution in [0.4, 0.5) is 0 Å². The molecule has 0 saturated carbocycles. The van der Waals surface area contributed by atoms with Crippen molar-refractivity contribution in [3.8, 4) is 0 Å². The average molecular weight is 232 g/mol. The highest BCUT2D eigenvalue weighted by molar-refractivity contribution is 5.90. The molecule has 0 fully saturated rings. The minimum Gasteiger partial charge on any atom is -0.480 e. The zero-order valence-corrected chi connectivity index (χ0v) is 9.27. The summed E-state index contributed by atoms with van der Waals surface area (Å²) in [5.74, 6) is -3.23. The Balaban J connectivity index is 4.81. The van der Waals surface area contributed by atoms with Crippen LogP contribution >= 0.6 is 0 Å². The zero-order chi connectivity index (χ0) is 12.9. The van der Waals surface area contributed by atoms with Crippen LogP contribution in [-0.4, -0.2) is 51.6 Å². The monoisotopic (exact) mass is 232 g/mol. The van der Waals surface area contributed by atoms with Crippen molar-refractivity contribution < 1.29 is 24.6 Å². The Labute approximate surface area is 92.8 Å². The molecule has 0 aromatic rings. The Morgan fingerprint density at radius 3 is 1.81 bits per heavy atom.